The Morgan fingerprint density at radius 3 is 2.76 bits per heavy atom. The van der Waals surface area contributed by atoms with E-state index in [2.05, 4.69) is 31.2 Å². The van der Waals surface area contributed by atoms with E-state index in [0.29, 0.717) is 5.92 Å². The summed E-state index contributed by atoms with van der Waals surface area (Å²) >= 11 is 0. The largest absolute Gasteiger partial charge is 0.378 e. The van der Waals surface area contributed by atoms with Gasteiger partial charge in [0.05, 0.1) is 5.60 Å². The normalized spacial score (nSPS) is 19.0. The van der Waals surface area contributed by atoms with Crippen molar-refractivity contribution in [1.82, 2.24) is 0 Å². The van der Waals surface area contributed by atoms with Crippen molar-refractivity contribution in [2.45, 2.75) is 44.1 Å². The van der Waals surface area contributed by atoms with Gasteiger partial charge in [0.2, 0.25) is 0 Å². The summed E-state index contributed by atoms with van der Waals surface area (Å²) in [5, 5.41) is 0. The Morgan fingerprint density at radius 2 is 2.18 bits per heavy atom. The van der Waals surface area contributed by atoms with Crippen LogP contribution >= 0.6 is 0 Å². The molecule has 1 saturated carbocycles. The monoisotopic (exact) mass is 233 g/mol. The second kappa shape index (κ2) is 5.19. The van der Waals surface area contributed by atoms with Gasteiger partial charge in [0.1, 0.15) is 0 Å². The molecule has 0 aliphatic heterocycles. The number of ether oxygens (including phenoxy) is 1. The van der Waals surface area contributed by atoms with E-state index in [-0.39, 0.29) is 5.60 Å². The molecule has 2 rings (SSSR count). The molecule has 2 N–H and O–H groups in total. The van der Waals surface area contributed by atoms with Crippen LogP contribution in [0.2, 0.25) is 0 Å². The van der Waals surface area contributed by atoms with Crippen LogP contribution in [0, 0.1) is 0 Å². The molecular weight excluding hydrogens is 210 g/mol. The van der Waals surface area contributed by atoms with Crippen molar-refractivity contribution in [1.29, 1.82) is 0 Å². The lowest BCUT2D eigenvalue weighted by Crippen LogP contribution is -2.15. The maximum Gasteiger partial charge on any atom is 0.0721 e. The van der Waals surface area contributed by atoms with E-state index in [4.69, 9.17) is 10.5 Å². The second-order valence-corrected chi connectivity index (χ2v) is 5.29. The van der Waals surface area contributed by atoms with Gasteiger partial charge in [-0.2, -0.15) is 0 Å². The molecule has 2 heteroatoms. The Kier molecular flexibility index (Phi) is 3.85. The highest BCUT2D eigenvalue weighted by atomic mass is 16.5. The minimum absolute atomic E-state index is 0.149. The fourth-order valence-electron chi connectivity index (χ4n) is 2.39. The van der Waals surface area contributed by atoms with E-state index in [1.165, 1.54) is 24.0 Å². The first-order valence-corrected chi connectivity index (χ1v) is 6.53. The fourth-order valence-corrected chi connectivity index (χ4v) is 2.39. The maximum atomic E-state index is 5.62. The van der Waals surface area contributed by atoms with Crippen molar-refractivity contribution in [2.75, 3.05) is 13.7 Å². The Bertz CT molecular complexity index is 371. The third-order valence-corrected chi connectivity index (χ3v) is 3.89. The first-order chi connectivity index (χ1) is 8.19. The lowest BCUT2D eigenvalue weighted by molar-refractivity contribution is 0.0807. The molecule has 1 aliphatic rings. The zero-order valence-electron chi connectivity index (χ0n) is 10.9. The Labute approximate surface area is 104 Å². The summed E-state index contributed by atoms with van der Waals surface area (Å²) in [6, 6.07) is 8.89. The van der Waals surface area contributed by atoms with Crippen LogP contribution in [0.25, 0.3) is 0 Å². The molecule has 2 nitrogen and oxygen atoms in total. The van der Waals surface area contributed by atoms with E-state index < -0.39 is 0 Å². The van der Waals surface area contributed by atoms with Crippen LogP contribution < -0.4 is 5.73 Å². The van der Waals surface area contributed by atoms with E-state index in [1.54, 1.807) is 0 Å². The fraction of sp³-hybridized carbons (Fsp3) is 0.600. The zero-order valence-corrected chi connectivity index (χ0v) is 10.9. The van der Waals surface area contributed by atoms with Gasteiger partial charge in [-0.1, -0.05) is 31.2 Å². The van der Waals surface area contributed by atoms with Crippen molar-refractivity contribution in [3.63, 3.8) is 0 Å². The quantitative estimate of drug-likeness (QED) is 0.820. The summed E-state index contributed by atoms with van der Waals surface area (Å²) in [6.45, 7) is 3.00. The number of rotatable bonds is 6. The van der Waals surface area contributed by atoms with E-state index >= 15 is 0 Å². The van der Waals surface area contributed by atoms with Crippen LogP contribution in [-0.2, 0) is 11.2 Å². The minimum atomic E-state index is 0.149. The third kappa shape index (κ3) is 3.08. The first kappa shape index (κ1) is 12.6. The van der Waals surface area contributed by atoms with E-state index in [0.717, 1.165) is 19.4 Å². The molecule has 0 bridgehead atoms. The maximum absolute atomic E-state index is 5.62. The standard InChI is InChI=1S/C15H23NO/c1-12(6-9-16)14-5-3-4-13(10-14)11-15(17-2)7-8-15/h3-5,10,12H,6-9,11,16H2,1-2H3. The SMILES string of the molecule is COC1(Cc2cccc(C(C)CCN)c2)CC1. The van der Waals surface area contributed by atoms with Crippen molar-refractivity contribution in [3.05, 3.63) is 35.4 Å². The predicted octanol–water partition coefficient (Wildman–Crippen LogP) is 2.86. The zero-order chi connectivity index (χ0) is 12.3. The van der Waals surface area contributed by atoms with Crippen LogP contribution in [0.1, 0.15) is 43.2 Å². The molecular formula is C15H23NO. The Hall–Kier alpha value is -0.860. The molecule has 0 amide bonds. The molecule has 0 radical (unpaired) electrons. The van der Waals surface area contributed by atoms with Gasteiger partial charge in [0.15, 0.2) is 0 Å². The molecule has 1 aromatic rings. The highest BCUT2D eigenvalue weighted by molar-refractivity contribution is 5.28. The second-order valence-electron chi connectivity index (χ2n) is 5.29. The molecule has 1 aromatic carbocycles. The average molecular weight is 233 g/mol. The first-order valence-electron chi connectivity index (χ1n) is 6.53. The van der Waals surface area contributed by atoms with Crippen molar-refractivity contribution >= 4 is 0 Å². The minimum Gasteiger partial charge on any atom is -0.378 e. The number of benzene rings is 1. The summed E-state index contributed by atoms with van der Waals surface area (Å²) in [4.78, 5) is 0. The highest BCUT2D eigenvalue weighted by Gasteiger charge is 2.42. The van der Waals surface area contributed by atoms with Crippen molar-refractivity contribution in [2.24, 2.45) is 5.73 Å². The third-order valence-electron chi connectivity index (χ3n) is 3.89. The molecule has 1 fully saturated rings. The van der Waals surface area contributed by atoms with Crippen LogP contribution in [0.3, 0.4) is 0 Å². The molecule has 17 heavy (non-hydrogen) atoms. The molecule has 0 heterocycles. The lowest BCUT2D eigenvalue weighted by Gasteiger charge is -2.16. The van der Waals surface area contributed by atoms with Gasteiger partial charge >= 0.3 is 0 Å². The van der Waals surface area contributed by atoms with Crippen LogP contribution in [-0.4, -0.2) is 19.3 Å². The van der Waals surface area contributed by atoms with Gasteiger partial charge in [-0.05, 0) is 42.9 Å². The summed E-state index contributed by atoms with van der Waals surface area (Å²) < 4.78 is 5.58. The van der Waals surface area contributed by atoms with Gasteiger partial charge < -0.3 is 10.5 Å². The van der Waals surface area contributed by atoms with Crippen LogP contribution in [0.15, 0.2) is 24.3 Å². The molecule has 0 aromatic heterocycles. The molecule has 94 valence electrons. The van der Waals surface area contributed by atoms with Gasteiger partial charge in [-0.3, -0.25) is 0 Å². The van der Waals surface area contributed by atoms with Gasteiger partial charge in [-0.15, -0.1) is 0 Å². The smallest absolute Gasteiger partial charge is 0.0721 e. The summed E-state index contributed by atoms with van der Waals surface area (Å²) in [5.74, 6) is 0.553. The lowest BCUT2D eigenvalue weighted by atomic mass is 9.94. The molecule has 1 atom stereocenters. The molecule has 1 unspecified atom stereocenters. The molecule has 0 spiro atoms. The number of hydrogen-bond acceptors (Lipinski definition) is 2. The molecule has 1 aliphatic carbocycles. The van der Waals surface area contributed by atoms with E-state index in [1.807, 2.05) is 7.11 Å². The number of methoxy groups -OCH3 is 1. The summed E-state index contributed by atoms with van der Waals surface area (Å²) in [7, 11) is 1.83. The van der Waals surface area contributed by atoms with Crippen molar-refractivity contribution in [3.8, 4) is 0 Å². The van der Waals surface area contributed by atoms with Gasteiger partial charge in [-0.25, -0.2) is 0 Å². The number of nitrogens with two attached hydrogens (primary N) is 1. The molecule has 0 saturated heterocycles. The van der Waals surface area contributed by atoms with Gasteiger partial charge in [0, 0.05) is 13.5 Å². The van der Waals surface area contributed by atoms with Gasteiger partial charge in [0.25, 0.3) is 0 Å². The number of hydrogen-bond donors (Lipinski definition) is 1. The summed E-state index contributed by atoms with van der Waals surface area (Å²) in [6.07, 6.45) is 4.50. The highest BCUT2D eigenvalue weighted by Crippen LogP contribution is 2.42. The van der Waals surface area contributed by atoms with Crippen LogP contribution in [0.5, 0.6) is 0 Å². The Balaban J connectivity index is 2.06. The van der Waals surface area contributed by atoms with E-state index in [9.17, 15) is 0 Å². The van der Waals surface area contributed by atoms with Crippen LogP contribution in [0.4, 0.5) is 0 Å². The topological polar surface area (TPSA) is 35.2 Å². The summed E-state index contributed by atoms with van der Waals surface area (Å²) in [5.41, 5.74) is 8.56. The average Bonchev–Trinajstić information content (AvgIpc) is 3.10. The van der Waals surface area contributed by atoms with Crippen molar-refractivity contribution < 1.29 is 4.74 Å². The Morgan fingerprint density at radius 1 is 1.41 bits per heavy atom. The predicted molar refractivity (Wildman–Crippen MR) is 71.2 cm³/mol.